The van der Waals surface area contributed by atoms with Crippen LogP contribution in [0.15, 0.2) is 48.5 Å². The predicted octanol–water partition coefficient (Wildman–Crippen LogP) is 3.38. The summed E-state index contributed by atoms with van der Waals surface area (Å²) in [4.78, 5) is 2.33. The van der Waals surface area contributed by atoms with E-state index < -0.39 is 0 Å². The van der Waals surface area contributed by atoms with Gasteiger partial charge in [0.2, 0.25) is 0 Å². The van der Waals surface area contributed by atoms with Gasteiger partial charge in [-0.15, -0.1) is 0 Å². The number of nitrogens with zero attached hydrogens (tertiary/aromatic N) is 1. The van der Waals surface area contributed by atoms with Crippen LogP contribution in [0.2, 0.25) is 0 Å². The first-order valence-corrected chi connectivity index (χ1v) is 7.16. The van der Waals surface area contributed by atoms with Gasteiger partial charge in [-0.2, -0.15) is 0 Å². The molecule has 3 heteroatoms. The molecule has 0 aliphatic heterocycles. The van der Waals surface area contributed by atoms with E-state index in [4.69, 9.17) is 9.47 Å². The minimum atomic E-state index is 0.777. The molecule has 112 valence electrons. The summed E-state index contributed by atoms with van der Waals surface area (Å²) in [5.74, 6) is 1.57. The summed E-state index contributed by atoms with van der Waals surface area (Å²) in [5, 5.41) is 0. The molecule has 21 heavy (non-hydrogen) atoms. The third kappa shape index (κ3) is 4.50. The van der Waals surface area contributed by atoms with E-state index in [1.807, 2.05) is 12.1 Å². The predicted molar refractivity (Wildman–Crippen MR) is 86.0 cm³/mol. The lowest BCUT2D eigenvalue weighted by Crippen LogP contribution is -2.20. The molecule has 0 fully saturated rings. The summed E-state index contributed by atoms with van der Waals surface area (Å²) in [6, 6.07) is 16.6. The van der Waals surface area contributed by atoms with Crippen molar-refractivity contribution >= 4 is 0 Å². The molecule has 0 saturated carbocycles. The maximum absolute atomic E-state index is 5.34. The molecule has 2 aromatic rings. The normalized spacial score (nSPS) is 10.7. The molecule has 0 heterocycles. The van der Waals surface area contributed by atoms with Crippen LogP contribution in [0, 0.1) is 0 Å². The second kappa shape index (κ2) is 7.70. The van der Waals surface area contributed by atoms with E-state index in [1.54, 1.807) is 14.2 Å². The molecule has 0 aliphatic rings. The summed E-state index contributed by atoms with van der Waals surface area (Å²) in [5.41, 5.74) is 2.60. The smallest absolute Gasteiger partial charge is 0.160 e. The fraction of sp³-hybridized carbons (Fsp3) is 0.333. The highest BCUT2D eigenvalue weighted by atomic mass is 16.5. The third-order valence-electron chi connectivity index (χ3n) is 3.53. The summed E-state index contributed by atoms with van der Waals surface area (Å²) < 4.78 is 10.6. The van der Waals surface area contributed by atoms with Gasteiger partial charge < -0.3 is 14.4 Å². The van der Waals surface area contributed by atoms with Gasteiger partial charge in [0.15, 0.2) is 11.5 Å². The van der Waals surface area contributed by atoms with E-state index >= 15 is 0 Å². The topological polar surface area (TPSA) is 21.7 Å². The Morgan fingerprint density at radius 1 is 0.857 bits per heavy atom. The van der Waals surface area contributed by atoms with Crippen molar-refractivity contribution in [2.45, 2.75) is 13.0 Å². The van der Waals surface area contributed by atoms with Gasteiger partial charge in [-0.05, 0) is 36.7 Å². The Morgan fingerprint density at radius 2 is 1.57 bits per heavy atom. The van der Waals surface area contributed by atoms with Crippen molar-refractivity contribution in [2.24, 2.45) is 0 Å². The lowest BCUT2D eigenvalue weighted by atomic mass is 10.1. The first-order chi connectivity index (χ1) is 10.2. The molecule has 0 unspecified atom stereocenters. The lowest BCUT2D eigenvalue weighted by molar-refractivity contribution is 0.330. The second-order valence-electron chi connectivity index (χ2n) is 5.16. The van der Waals surface area contributed by atoms with Crippen LogP contribution in [-0.2, 0) is 13.0 Å². The van der Waals surface area contributed by atoms with Crippen molar-refractivity contribution in [1.82, 2.24) is 4.90 Å². The zero-order valence-corrected chi connectivity index (χ0v) is 13.0. The van der Waals surface area contributed by atoms with E-state index in [0.29, 0.717) is 0 Å². The largest absolute Gasteiger partial charge is 0.493 e. The molecular formula is C18H23NO2. The minimum absolute atomic E-state index is 0.777. The number of rotatable bonds is 7. The number of methoxy groups -OCH3 is 2. The third-order valence-corrected chi connectivity index (χ3v) is 3.53. The van der Waals surface area contributed by atoms with Crippen LogP contribution in [0.1, 0.15) is 11.1 Å². The molecule has 0 radical (unpaired) electrons. The zero-order valence-electron chi connectivity index (χ0n) is 13.0. The number of benzene rings is 2. The highest BCUT2D eigenvalue weighted by Crippen LogP contribution is 2.27. The first-order valence-electron chi connectivity index (χ1n) is 7.16. The van der Waals surface area contributed by atoms with Gasteiger partial charge in [-0.1, -0.05) is 36.4 Å². The Hall–Kier alpha value is -2.00. The summed E-state index contributed by atoms with van der Waals surface area (Å²) in [7, 11) is 5.47. The van der Waals surface area contributed by atoms with Crippen molar-refractivity contribution in [3.8, 4) is 11.5 Å². The average molecular weight is 285 g/mol. The molecule has 0 spiro atoms. The van der Waals surface area contributed by atoms with Gasteiger partial charge in [-0.25, -0.2) is 0 Å². The SMILES string of the molecule is COc1ccc(CCN(C)Cc2ccccc2)cc1OC. The molecular weight excluding hydrogens is 262 g/mol. The van der Waals surface area contributed by atoms with Gasteiger partial charge >= 0.3 is 0 Å². The highest BCUT2D eigenvalue weighted by molar-refractivity contribution is 5.42. The highest BCUT2D eigenvalue weighted by Gasteiger charge is 2.06. The molecule has 0 aliphatic carbocycles. The van der Waals surface area contributed by atoms with E-state index in [1.165, 1.54) is 11.1 Å². The molecule has 0 saturated heterocycles. The van der Waals surface area contributed by atoms with E-state index in [0.717, 1.165) is 31.0 Å². The van der Waals surface area contributed by atoms with Crippen LogP contribution in [0.4, 0.5) is 0 Å². The number of hydrogen-bond donors (Lipinski definition) is 0. The first kappa shape index (κ1) is 15.4. The maximum Gasteiger partial charge on any atom is 0.160 e. The van der Waals surface area contributed by atoms with Crippen molar-refractivity contribution in [2.75, 3.05) is 27.8 Å². The Balaban J connectivity index is 1.90. The fourth-order valence-corrected chi connectivity index (χ4v) is 2.33. The van der Waals surface area contributed by atoms with Crippen molar-refractivity contribution < 1.29 is 9.47 Å². The van der Waals surface area contributed by atoms with Gasteiger partial charge in [-0.3, -0.25) is 0 Å². The van der Waals surface area contributed by atoms with E-state index in [-0.39, 0.29) is 0 Å². The van der Waals surface area contributed by atoms with Crippen molar-refractivity contribution in [3.63, 3.8) is 0 Å². The van der Waals surface area contributed by atoms with Crippen LogP contribution in [0.5, 0.6) is 11.5 Å². The Kier molecular flexibility index (Phi) is 5.64. The number of ether oxygens (including phenoxy) is 2. The van der Waals surface area contributed by atoms with Crippen LogP contribution in [0.25, 0.3) is 0 Å². The molecule has 0 atom stereocenters. The Morgan fingerprint density at radius 3 is 2.24 bits per heavy atom. The monoisotopic (exact) mass is 285 g/mol. The molecule has 0 amide bonds. The van der Waals surface area contributed by atoms with Gasteiger partial charge in [0.1, 0.15) is 0 Å². The molecule has 0 bridgehead atoms. The van der Waals surface area contributed by atoms with Gasteiger partial charge in [0.25, 0.3) is 0 Å². The fourth-order valence-electron chi connectivity index (χ4n) is 2.33. The summed E-state index contributed by atoms with van der Waals surface area (Å²) in [6.45, 7) is 1.97. The molecule has 0 aromatic heterocycles. The van der Waals surface area contributed by atoms with Gasteiger partial charge in [0, 0.05) is 13.1 Å². The summed E-state index contributed by atoms with van der Waals surface area (Å²) >= 11 is 0. The Labute approximate surface area is 127 Å². The molecule has 2 aromatic carbocycles. The molecule has 3 nitrogen and oxygen atoms in total. The average Bonchev–Trinajstić information content (AvgIpc) is 2.53. The van der Waals surface area contributed by atoms with Crippen molar-refractivity contribution in [1.29, 1.82) is 0 Å². The number of likely N-dealkylation sites (N-methyl/N-ethyl adjacent to an activating group) is 1. The quantitative estimate of drug-likeness (QED) is 0.778. The van der Waals surface area contributed by atoms with Crippen LogP contribution < -0.4 is 9.47 Å². The zero-order chi connectivity index (χ0) is 15.1. The lowest BCUT2D eigenvalue weighted by Gasteiger charge is -2.17. The van der Waals surface area contributed by atoms with Crippen LogP contribution in [0.3, 0.4) is 0 Å². The maximum atomic E-state index is 5.34. The molecule has 0 N–H and O–H groups in total. The second-order valence-corrected chi connectivity index (χ2v) is 5.16. The summed E-state index contributed by atoms with van der Waals surface area (Å²) in [6.07, 6.45) is 0.990. The standard InChI is InChI=1S/C18H23NO2/c1-19(14-16-7-5-4-6-8-16)12-11-15-9-10-17(20-2)18(13-15)21-3/h4-10,13H,11-12,14H2,1-3H3. The van der Waals surface area contributed by atoms with Gasteiger partial charge in [0.05, 0.1) is 14.2 Å². The van der Waals surface area contributed by atoms with E-state index in [9.17, 15) is 0 Å². The van der Waals surface area contributed by atoms with Crippen LogP contribution >= 0.6 is 0 Å². The minimum Gasteiger partial charge on any atom is -0.493 e. The van der Waals surface area contributed by atoms with E-state index in [2.05, 4.69) is 48.3 Å². The number of hydrogen-bond acceptors (Lipinski definition) is 3. The van der Waals surface area contributed by atoms with Crippen molar-refractivity contribution in [3.05, 3.63) is 59.7 Å². The molecule has 2 rings (SSSR count). The van der Waals surface area contributed by atoms with Crippen LogP contribution in [-0.4, -0.2) is 32.7 Å². The Bertz CT molecular complexity index is 554.